The van der Waals surface area contributed by atoms with E-state index in [9.17, 15) is 10.1 Å². The number of furan rings is 1. The van der Waals surface area contributed by atoms with Crippen LogP contribution in [0.1, 0.15) is 26.9 Å². The molecule has 3 heterocycles. The topological polar surface area (TPSA) is 98.5 Å². The van der Waals surface area contributed by atoms with Gasteiger partial charge in [0.2, 0.25) is 11.6 Å². The molecule has 0 bridgehead atoms. The number of thiophene rings is 1. The first-order valence-electron chi connectivity index (χ1n) is 7.68. The Bertz CT molecular complexity index is 1030. The first-order valence-corrected chi connectivity index (χ1v) is 8.56. The van der Waals surface area contributed by atoms with Crippen LogP contribution >= 0.6 is 11.3 Å². The molecule has 0 spiro atoms. The lowest BCUT2D eigenvalue weighted by Gasteiger charge is -2.25. The van der Waals surface area contributed by atoms with Crippen LogP contribution in [0.2, 0.25) is 0 Å². The van der Waals surface area contributed by atoms with E-state index in [1.165, 1.54) is 23.7 Å². The van der Waals surface area contributed by atoms with Crippen LogP contribution in [0, 0.1) is 11.3 Å². The Balaban J connectivity index is 1.70. The zero-order chi connectivity index (χ0) is 18.1. The fraction of sp³-hybridized carbons (Fsp3) is 0.0526. The Labute approximate surface area is 152 Å². The Morgan fingerprint density at radius 2 is 2.15 bits per heavy atom. The number of carbonyl (C=O) groups excluding carboxylic acids is 1. The Kier molecular flexibility index (Phi) is 3.95. The highest BCUT2D eigenvalue weighted by molar-refractivity contribution is 7.10. The highest BCUT2D eigenvalue weighted by Crippen LogP contribution is 2.44. The summed E-state index contributed by atoms with van der Waals surface area (Å²) in [6.45, 7) is 0. The quantitative estimate of drug-likeness (QED) is 0.561. The first-order chi connectivity index (χ1) is 12.7. The number of rotatable bonds is 3. The molecule has 3 aromatic rings. The molecule has 1 aromatic carbocycles. The number of ether oxygens (including phenoxy) is 2. The monoisotopic (exact) mass is 364 g/mol. The molecule has 0 radical (unpaired) electrons. The summed E-state index contributed by atoms with van der Waals surface area (Å²) < 4.78 is 15.9. The predicted molar refractivity (Wildman–Crippen MR) is 93.7 cm³/mol. The summed E-state index contributed by atoms with van der Waals surface area (Å²) in [5.74, 6) is -0.0208. The van der Waals surface area contributed by atoms with E-state index in [-0.39, 0.29) is 17.6 Å². The fourth-order valence-electron chi connectivity index (χ4n) is 2.80. The minimum atomic E-state index is -0.609. The van der Waals surface area contributed by atoms with E-state index in [4.69, 9.17) is 19.6 Å². The van der Waals surface area contributed by atoms with Crippen molar-refractivity contribution in [2.24, 2.45) is 5.73 Å². The van der Waals surface area contributed by atoms with Gasteiger partial charge in [-0.25, -0.2) is 4.79 Å². The van der Waals surface area contributed by atoms with Gasteiger partial charge in [0.1, 0.15) is 23.1 Å². The maximum atomic E-state index is 12.0. The molecule has 128 valence electrons. The number of nitrogens with zero attached hydrogens (tertiary/aromatic N) is 1. The smallest absolute Gasteiger partial charge is 0.379 e. The summed E-state index contributed by atoms with van der Waals surface area (Å²) in [7, 11) is 0. The zero-order valence-corrected chi connectivity index (χ0v) is 14.2. The molecule has 26 heavy (non-hydrogen) atoms. The lowest BCUT2D eigenvalue weighted by Crippen LogP contribution is -2.20. The molecule has 1 unspecified atom stereocenters. The molecule has 2 N–H and O–H groups in total. The number of nitrogens with two attached hydrogens (primary N) is 1. The van der Waals surface area contributed by atoms with Crippen molar-refractivity contribution in [1.29, 1.82) is 5.26 Å². The van der Waals surface area contributed by atoms with Crippen molar-refractivity contribution in [3.8, 4) is 17.6 Å². The Morgan fingerprint density at radius 1 is 1.27 bits per heavy atom. The van der Waals surface area contributed by atoms with Crippen LogP contribution in [-0.4, -0.2) is 5.97 Å². The molecule has 0 saturated heterocycles. The second kappa shape index (κ2) is 6.43. The van der Waals surface area contributed by atoms with E-state index in [2.05, 4.69) is 6.07 Å². The van der Waals surface area contributed by atoms with Crippen molar-refractivity contribution < 1.29 is 18.7 Å². The van der Waals surface area contributed by atoms with Gasteiger partial charge in [-0.1, -0.05) is 12.1 Å². The number of fused-ring (bicyclic) bond motifs is 1. The molecule has 6 nitrogen and oxygen atoms in total. The van der Waals surface area contributed by atoms with Gasteiger partial charge in [-0.15, -0.1) is 11.3 Å². The Morgan fingerprint density at radius 3 is 2.85 bits per heavy atom. The molecular weight excluding hydrogens is 352 g/mol. The largest absolute Gasteiger partial charge is 0.457 e. The third-order valence-electron chi connectivity index (χ3n) is 3.95. The van der Waals surface area contributed by atoms with E-state index in [1.54, 1.807) is 24.3 Å². The molecule has 0 aliphatic carbocycles. The van der Waals surface area contributed by atoms with E-state index in [0.717, 1.165) is 10.4 Å². The third kappa shape index (κ3) is 2.72. The number of hydrogen-bond acceptors (Lipinski definition) is 7. The maximum Gasteiger partial charge on any atom is 0.379 e. The summed E-state index contributed by atoms with van der Waals surface area (Å²) >= 11 is 1.53. The molecule has 1 atom stereocenters. The molecule has 1 aliphatic rings. The number of allylic oxidation sites excluding steroid dienone is 1. The summed E-state index contributed by atoms with van der Waals surface area (Å²) in [5.41, 5.74) is 7.10. The van der Waals surface area contributed by atoms with Gasteiger partial charge in [0.25, 0.3) is 0 Å². The lowest BCUT2D eigenvalue weighted by atomic mass is 9.88. The van der Waals surface area contributed by atoms with Crippen molar-refractivity contribution in [1.82, 2.24) is 0 Å². The molecule has 0 saturated carbocycles. The van der Waals surface area contributed by atoms with Gasteiger partial charge in [-0.05, 0) is 29.6 Å². The van der Waals surface area contributed by atoms with Crippen molar-refractivity contribution >= 4 is 17.3 Å². The van der Waals surface area contributed by atoms with Gasteiger partial charge in [-0.3, -0.25) is 0 Å². The van der Waals surface area contributed by atoms with Crippen LogP contribution in [0.3, 0.4) is 0 Å². The van der Waals surface area contributed by atoms with E-state index >= 15 is 0 Å². The van der Waals surface area contributed by atoms with E-state index < -0.39 is 5.97 Å². The van der Waals surface area contributed by atoms with Crippen LogP contribution < -0.4 is 15.2 Å². The van der Waals surface area contributed by atoms with Crippen molar-refractivity contribution in [3.05, 3.63) is 81.8 Å². The van der Waals surface area contributed by atoms with Crippen molar-refractivity contribution in [2.45, 2.75) is 5.92 Å². The van der Waals surface area contributed by atoms with Crippen LogP contribution in [0.4, 0.5) is 0 Å². The predicted octanol–water partition coefficient (Wildman–Crippen LogP) is 3.78. The van der Waals surface area contributed by atoms with Crippen molar-refractivity contribution in [3.63, 3.8) is 0 Å². The summed E-state index contributed by atoms with van der Waals surface area (Å²) in [6.07, 6.45) is 1.40. The molecule has 2 aromatic heterocycles. The van der Waals surface area contributed by atoms with Gasteiger partial charge in [0.05, 0.1) is 12.2 Å². The minimum Gasteiger partial charge on any atom is -0.457 e. The molecule has 0 fully saturated rings. The lowest BCUT2D eigenvalue weighted by molar-refractivity contribution is 0.0701. The highest BCUT2D eigenvalue weighted by Gasteiger charge is 2.31. The fourth-order valence-corrected chi connectivity index (χ4v) is 3.65. The SMILES string of the molecule is N#CC1=C(N)Oc2cc(OC(=O)c3ccco3)ccc2C1c1cccs1. The van der Waals surface area contributed by atoms with Gasteiger partial charge in [0.15, 0.2) is 0 Å². The van der Waals surface area contributed by atoms with Gasteiger partial charge in [-0.2, -0.15) is 5.26 Å². The van der Waals surface area contributed by atoms with Crippen LogP contribution in [0.15, 0.2) is 70.0 Å². The first kappa shape index (κ1) is 16.0. The normalized spacial score (nSPS) is 15.7. The van der Waals surface area contributed by atoms with Crippen LogP contribution in [-0.2, 0) is 0 Å². The summed E-state index contributed by atoms with van der Waals surface area (Å²) in [4.78, 5) is 13.0. The van der Waals surface area contributed by atoms with Gasteiger partial charge < -0.3 is 19.6 Å². The molecule has 7 heteroatoms. The number of carbonyl (C=O) groups is 1. The van der Waals surface area contributed by atoms with Crippen molar-refractivity contribution in [2.75, 3.05) is 0 Å². The van der Waals surface area contributed by atoms with E-state index in [1.807, 2.05) is 17.5 Å². The number of nitriles is 1. The second-order valence-corrected chi connectivity index (χ2v) is 6.49. The number of hydrogen-bond donors (Lipinski definition) is 1. The average Bonchev–Trinajstić information content (AvgIpc) is 3.34. The molecular formula is C19H12N2O4S. The van der Waals surface area contributed by atoms with Crippen LogP contribution in [0.25, 0.3) is 0 Å². The maximum absolute atomic E-state index is 12.0. The summed E-state index contributed by atoms with van der Waals surface area (Å²) in [5, 5.41) is 11.4. The highest BCUT2D eigenvalue weighted by atomic mass is 32.1. The molecule has 0 amide bonds. The van der Waals surface area contributed by atoms with Gasteiger partial charge in [0, 0.05) is 16.5 Å². The van der Waals surface area contributed by atoms with Gasteiger partial charge >= 0.3 is 5.97 Å². The standard InChI is InChI=1S/C19H12N2O4S/c20-10-13-17(16-4-2-8-26-16)12-6-5-11(9-15(12)25-18(13)21)24-19(22)14-3-1-7-23-14/h1-9,17H,21H2. The summed E-state index contributed by atoms with van der Waals surface area (Å²) in [6, 6.07) is 14.1. The molecule has 4 rings (SSSR count). The third-order valence-corrected chi connectivity index (χ3v) is 4.89. The second-order valence-electron chi connectivity index (χ2n) is 5.51. The Hall–Kier alpha value is -3.50. The van der Waals surface area contributed by atoms with E-state index in [0.29, 0.717) is 17.1 Å². The number of esters is 1. The molecule has 1 aliphatic heterocycles. The zero-order valence-electron chi connectivity index (χ0n) is 13.3. The van der Waals surface area contributed by atoms with Crippen LogP contribution in [0.5, 0.6) is 11.5 Å². The number of benzene rings is 1. The average molecular weight is 364 g/mol. The minimum absolute atomic E-state index is 0.0490.